The molecule has 0 saturated carbocycles. The molecule has 2 N–H and O–H groups in total. The van der Waals surface area contributed by atoms with Crippen molar-refractivity contribution in [2.45, 2.75) is 13.0 Å². The molecule has 0 spiro atoms. The number of anilines is 2. The van der Waals surface area contributed by atoms with Crippen molar-refractivity contribution < 1.29 is 19.2 Å². The fourth-order valence-electron chi connectivity index (χ4n) is 2.34. The second kappa shape index (κ2) is 9.94. The van der Waals surface area contributed by atoms with Gasteiger partial charge in [-0.25, -0.2) is 4.98 Å². The number of nitrogens with zero attached hydrogens (tertiary/aromatic N) is 3. The van der Waals surface area contributed by atoms with Crippen LogP contribution in [0.5, 0.6) is 5.75 Å². The Balaban J connectivity index is 2.00. The van der Waals surface area contributed by atoms with Crippen molar-refractivity contribution in [1.82, 2.24) is 9.88 Å². The highest BCUT2D eigenvalue weighted by Gasteiger charge is 2.22. The number of nitro groups is 1. The number of nitrogens with one attached hydrogen (secondary N) is 2. The second-order valence-corrected chi connectivity index (χ2v) is 7.05. The number of non-ortho nitro benzene ring substituents is 1. The minimum atomic E-state index is -0.692. The molecule has 0 radical (unpaired) electrons. The van der Waals surface area contributed by atoms with Crippen LogP contribution in [-0.4, -0.2) is 53.4 Å². The molecule has 0 fully saturated rings. The fraction of sp³-hybridized carbons (Fsp3) is 0.278. The van der Waals surface area contributed by atoms with E-state index in [1.165, 1.54) is 30.2 Å². The Morgan fingerprint density at radius 1 is 1.31 bits per heavy atom. The molecule has 1 heterocycles. The Bertz CT molecular complexity index is 906. The van der Waals surface area contributed by atoms with Crippen LogP contribution < -0.4 is 15.4 Å². The second-order valence-electron chi connectivity index (χ2n) is 6.13. The molecule has 154 valence electrons. The number of hydrogen-bond donors (Lipinski definition) is 2. The number of likely N-dealkylation sites (N-methyl/N-ethyl adjacent to an activating group) is 1. The van der Waals surface area contributed by atoms with E-state index in [-0.39, 0.29) is 29.6 Å². The monoisotopic (exact) mass is 465 g/mol. The molecule has 1 unspecified atom stereocenters. The number of ether oxygens (including phenoxy) is 1. The molecule has 1 atom stereocenters. The van der Waals surface area contributed by atoms with Crippen LogP contribution in [0.1, 0.15) is 6.92 Å². The quantitative estimate of drug-likeness (QED) is 0.452. The van der Waals surface area contributed by atoms with Gasteiger partial charge in [-0.2, -0.15) is 0 Å². The maximum absolute atomic E-state index is 12.6. The lowest BCUT2D eigenvalue weighted by Gasteiger charge is -2.23. The van der Waals surface area contributed by atoms with E-state index in [0.717, 1.165) is 4.47 Å². The molecule has 0 aliphatic heterocycles. The fourth-order valence-corrected chi connectivity index (χ4v) is 2.57. The number of rotatable bonds is 8. The molecule has 1 aromatic heterocycles. The van der Waals surface area contributed by atoms with E-state index in [2.05, 4.69) is 31.5 Å². The molecule has 0 aliphatic rings. The van der Waals surface area contributed by atoms with Gasteiger partial charge in [-0.05, 0) is 48.1 Å². The Labute approximate surface area is 175 Å². The number of carbonyl (C=O) groups excluding carboxylic acids is 2. The SMILES string of the molecule is COc1ccc([N+](=O)[O-])cc1NC(=O)C(C)N(C)CC(=O)Nc1ccc(Br)cn1. The number of halogens is 1. The number of nitro benzene ring substituents is 1. The number of pyridine rings is 1. The summed E-state index contributed by atoms with van der Waals surface area (Å²) in [4.78, 5) is 40.7. The molecule has 0 aliphatic carbocycles. The molecule has 2 amide bonds. The van der Waals surface area contributed by atoms with E-state index in [1.54, 1.807) is 32.3 Å². The number of carbonyl (C=O) groups is 2. The average Bonchev–Trinajstić information content (AvgIpc) is 2.68. The summed E-state index contributed by atoms with van der Waals surface area (Å²) in [5.74, 6) is -0.0985. The van der Waals surface area contributed by atoms with Gasteiger partial charge < -0.3 is 15.4 Å². The normalized spacial score (nSPS) is 11.6. The standard InChI is InChI=1S/C18H20BrN5O5/c1-11(23(2)10-17(25)22-16-7-4-12(19)9-20-16)18(26)21-14-8-13(24(27)28)5-6-15(14)29-3/h4-9,11H,10H2,1-3H3,(H,21,26)(H,20,22,25). The van der Waals surface area contributed by atoms with Gasteiger partial charge in [0.1, 0.15) is 11.6 Å². The van der Waals surface area contributed by atoms with Gasteiger partial charge in [0.25, 0.3) is 5.69 Å². The van der Waals surface area contributed by atoms with Gasteiger partial charge in [0.2, 0.25) is 11.8 Å². The van der Waals surface area contributed by atoms with Crippen molar-refractivity contribution in [3.8, 4) is 5.75 Å². The smallest absolute Gasteiger partial charge is 0.271 e. The van der Waals surface area contributed by atoms with E-state index in [0.29, 0.717) is 5.82 Å². The van der Waals surface area contributed by atoms with Crippen molar-refractivity contribution in [2.75, 3.05) is 31.3 Å². The van der Waals surface area contributed by atoms with Crippen molar-refractivity contribution in [1.29, 1.82) is 0 Å². The molecule has 1 aromatic carbocycles. The van der Waals surface area contributed by atoms with Crippen LogP contribution >= 0.6 is 15.9 Å². The van der Waals surface area contributed by atoms with E-state index < -0.39 is 16.9 Å². The maximum atomic E-state index is 12.6. The van der Waals surface area contributed by atoms with E-state index in [9.17, 15) is 19.7 Å². The minimum Gasteiger partial charge on any atom is -0.495 e. The Kier molecular flexibility index (Phi) is 7.62. The predicted octanol–water partition coefficient (Wildman–Crippen LogP) is 2.66. The molecule has 2 rings (SSSR count). The summed E-state index contributed by atoms with van der Waals surface area (Å²) in [6.45, 7) is 1.56. The summed E-state index contributed by atoms with van der Waals surface area (Å²) in [7, 11) is 3.01. The Morgan fingerprint density at radius 2 is 2.03 bits per heavy atom. The van der Waals surface area contributed by atoms with E-state index in [1.807, 2.05) is 0 Å². The Hall–Kier alpha value is -3.05. The van der Waals surface area contributed by atoms with Crippen molar-refractivity contribution in [3.63, 3.8) is 0 Å². The average molecular weight is 466 g/mol. The van der Waals surface area contributed by atoms with Crippen LogP contribution in [0.3, 0.4) is 0 Å². The zero-order valence-electron chi connectivity index (χ0n) is 16.0. The number of amides is 2. The molecule has 2 aromatic rings. The van der Waals surface area contributed by atoms with Crippen molar-refractivity contribution in [2.24, 2.45) is 0 Å². The molecule has 0 saturated heterocycles. The van der Waals surface area contributed by atoms with Crippen LogP contribution in [0, 0.1) is 10.1 Å². The van der Waals surface area contributed by atoms with Crippen LogP contribution in [-0.2, 0) is 9.59 Å². The summed E-state index contributed by atoms with van der Waals surface area (Å²) in [5.41, 5.74) is -0.000975. The summed E-state index contributed by atoms with van der Waals surface area (Å²) in [5, 5.41) is 16.2. The van der Waals surface area contributed by atoms with Crippen LogP contribution in [0.25, 0.3) is 0 Å². The van der Waals surface area contributed by atoms with Crippen LogP contribution in [0.2, 0.25) is 0 Å². The third-order valence-electron chi connectivity index (χ3n) is 4.08. The first kappa shape index (κ1) is 22.2. The molecular weight excluding hydrogens is 446 g/mol. The molecule has 11 heteroatoms. The number of hydrogen-bond acceptors (Lipinski definition) is 7. The van der Waals surface area contributed by atoms with Gasteiger partial charge in [-0.3, -0.25) is 24.6 Å². The van der Waals surface area contributed by atoms with Crippen LogP contribution in [0.4, 0.5) is 17.2 Å². The molecule has 10 nitrogen and oxygen atoms in total. The topological polar surface area (TPSA) is 127 Å². The summed E-state index contributed by atoms with van der Waals surface area (Å²) >= 11 is 3.26. The highest BCUT2D eigenvalue weighted by Crippen LogP contribution is 2.29. The van der Waals surface area contributed by atoms with Gasteiger partial charge in [0, 0.05) is 22.8 Å². The zero-order valence-corrected chi connectivity index (χ0v) is 17.6. The highest BCUT2D eigenvalue weighted by atomic mass is 79.9. The summed E-state index contributed by atoms with van der Waals surface area (Å²) in [6.07, 6.45) is 1.56. The van der Waals surface area contributed by atoms with Gasteiger partial charge in [-0.15, -0.1) is 0 Å². The highest BCUT2D eigenvalue weighted by molar-refractivity contribution is 9.10. The number of aromatic nitrogens is 1. The van der Waals surface area contributed by atoms with E-state index in [4.69, 9.17) is 4.74 Å². The predicted molar refractivity (Wildman–Crippen MR) is 111 cm³/mol. The first-order valence-corrected chi connectivity index (χ1v) is 9.25. The first-order valence-electron chi connectivity index (χ1n) is 8.46. The van der Waals surface area contributed by atoms with Gasteiger partial charge >= 0.3 is 0 Å². The number of benzene rings is 1. The zero-order chi connectivity index (χ0) is 21.6. The lowest BCUT2D eigenvalue weighted by Crippen LogP contribution is -2.43. The summed E-state index contributed by atoms with van der Waals surface area (Å²) in [6, 6.07) is 6.60. The Morgan fingerprint density at radius 3 is 2.62 bits per heavy atom. The van der Waals surface area contributed by atoms with Crippen molar-refractivity contribution >= 4 is 44.9 Å². The van der Waals surface area contributed by atoms with Gasteiger partial charge in [0.05, 0.1) is 30.3 Å². The summed E-state index contributed by atoms with van der Waals surface area (Å²) < 4.78 is 5.92. The largest absolute Gasteiger partial charge is 0.495 e. The minimum absolute atomic E-state index is 0.0571. The third-order valence-corrected chi connectivity index (χ3v) is 4.55. The van der Waals surface area contributed by atoms with Gasteiger partial charge in [0.15, 0.2) is 0 Å². The third kappa shape index (κ3) is 6.22. The lowest BCUT2D eigenvalue weighted by atomic mass is 10.2. The maximum Gasteiger partial charge on any atom is 0.271 e. The van der Waals surface area contributed by atoms with Crippen molar-refractivity contribution in [3.05, 3.63) is 51.1 Å². The first-order chi connectivity index (χ1) is 13.7. The van der Waals surface area contributed by atoms with Crippen LogP contribution in [0.15, 0.2) is 41.0 Å². The van der Waals surface area contributed by atoms with Gasteiger partial charge in [-0.1, -0.05) is 0 Å². The lowest BCUT2D eigenvalue weighted by molar-refractivity contribution is -0.384. The molecular formula is C18H20BrN5O5. The molecule has 0 bridgehead atoms. The number of methoxy groups -OCH3 is 1. The van der Waals surface area contributed by atoms with E-state index >= 15 is 0 Å². The molecule has 29 heavy (non-hydrogen) atoms.